The van der Waals surface area contributed by atoms with Crippen molar-refractivity contribution in [3.05, 3.63) is 66.7 Å². The van der Waals surface area contributed by atoms with Crippen LogP contribution in [-0.2, 0) is 9.47 Å². The number of ether oxygens (including phenoxy) is 3. The van der Waals surface area contributed by atoms with Crippen molar-refractivity contribution in [1.29, 1.82) is 0 Å². The third kappa shape index (κ3) is 5.91. The lowest BCUT2D eigenvalue weighted by molar-refractivity contribution is -0.169. The minimum Gasteiger partial charge on any atom is -0.435 e. The van der Waals surface area contributed by atoms with Crippen molar-refractivity contribution in [3.63, 3.8) is 0 Å². The lowest BCUT2D eigenvalue weighted by Gasteiger charge is -2.26. The molecule has 2 aromatic rings. The quantitative estimate of drug-likeness (QED) is 0.502. The summed E-state index contributed by atoms with van der Waals surface area (Å²) in [5.74, 6) is 6.59. The van der Waals surface area contributed by atoms with Gasteiger partial charge in [-0.2, -0.15) is 8.78 Å². The van der Waals surface area contributed by atoms with Crippen LogP contribution in [0.2, 0.25) is 0 Å². The zero-order valence-corrected chi connectivity index (χ0v) is 15.4. The van der Waals surface area contributed by atoms with E-state index in [-0.39, 0.29) is 5.75 Å². The zero-order valence-electron chi connectivity index (χ0n) is 15.4. The van der Waals surface area contributed by atoms with E-state index in [9.17, 15) is 8.78 Å². The minimum atomic E-state index is -2.82. The number of hydrogen-bond donors (Lipinski definition) is 0. The largest absolute Gasteiger partial charge is 0.435 e. The fourth-order valence-electron chi connectivity index (χ4n) is 2.86. The molecule has 1 heterocycles. The Morgan fingerprint density at radius 1 is 1.04 bits per heavy atom. The second-order valence-electron chi connectivity index (χ2n) is 6.48. The average molecular weight is 384 g/mol. The summed E-state index contributed by atoms with van der Waals surface area (Å²) >= 11 is 0. The molecule has 1 fully saturated rings. The highest BCUT2D eigenvalue weighted by Crippen LogP contribution is 2.23. The summed E-state index contributed by atoms with van der Waals surface area (Å²) < 4.78 is 40.1. The Morgan fingerprint density at radius 3 is 2.21 bits per heavy atom. The minimum absolute atomic E-state index is 0.139. The highest BCUT2D eigenvalue weighted by atomic mass is 19.3. The van der Waals surface area contributed by atoms with Gasteiger partial charge in [0.1, 0.15) is 5.75 Å². The SMILES string of the molecule is C=CCC[C@H]1CO[C@H](C#Cc2ccc(-c3ccc(OC(F)F)cc3)cc2)OC1. The Bertz CT molecular complexity index is 812. The van der Waals surface area contributed by atoms with E-state index in [1.54, 1.807) is 12.1 Å². The number of allylic oxidation sites excluding steroid dienone is 1. The Balaban J connectivity index is 1.55. The number of benzene rings is 2. The van der Waals surface area contributed by atoms with Gasteiger partial charge in [-0.25, -0.2) is 0 Å². The molecule has 1 saturated heterocycles. The Hall–Kier alpha value is -2.68. The van der Waals surface area contributed by atoms with Crippen LogP contribution in [-0.4, -0.2) is 26.1 Å². The Morgan fingerprint density at radius 2 is 1.64 bits per heavy atom. The predicted molar refractivity (Wildman–Crippen MR) is 104 cm³/mol. The first-order valence-corrected chi connectivity index (χ1v) is 9.15. The van der Waals surface area contributed by atoms with Crippen molar-refractivity contribution in [3.8, 4) is 28.7 Å². The van der Waals surface area contributed by atoms with Gasteiger partial charge in [0.05, 0.1) is 13.2 Å². The van der Waals surface area contributed by atoms with Crippen LogP contribution in [0.15, 0.2) is 61.2 Å². The summed E-state index contributed by atoms with van der Waals surface area (Å²) in [7, 11) is 0. The van der Waals surface area contributed by atoms with Crippen LogP contribution in [0.3, 0.4) is 0 Å². The molecule has 0 aliphatic carbocycles. The maximum atomic E-state index is 12.2. The summed E-state index contributed by atoms with van der Waals surface area (Å²) in [4.78, 5) is 0. The molecule has 28 heavy (non-hydrogen) atoms. The molecule has 2 aromatic carbocycles. The first-order chi connectivity index (χ1) is 13.6. The van der Waals surface area contributed by atoms with Crippen LogP contribution in [0.5, 0.6) is 5.75 Å². The summed E-state index contributed by atoms with van der Waals surface area (Å²) in [6.45, 7) is 2.21. The van der Waals surface area contributed by atoms with Gasteiger partial charge in [-0.1, -0.05) is 36.3 Å². The van der Waals surface area contributed by atoms with Gasteiger partial charge < -0.3 is 14.2 Å². The molecule has 0 saturated carbocycles. The first-order valence-electron chi connectivity index (χ1n) is 9.15. The van der Waals surface area contributed by atoms with Crippen LogP contribution in [0.1, 0.15) is 18.4 Å². The standard InChI is InChI=1S/C23H22F2O3/c1-2-3-4-18-15-26-22(27-16-18)14-7-17-5-8-19(9-6-17)20-10-12-21(13-11-20)28-23(24)25/h2,5-6,8-13,18,22-23H,1,3-4,15-16H2/t18-,22-. The van der Waals surface area contributed by atoms with Crippen LogP contribution in [0.25, 0.3) is 11.1 Å². The molecule has 0 amide bonds. The molecule has 0 unspecified atom stereocenters. The zero-order chi connectivity index (χ0) is 19.8. The average Bonchev–Trinajstić information content (AvgIpc) is 2.72. The highest BCUT2D eigenvalue weighted by molar-refractivity contribution is 5.65. The van der Waals surface area contributed by atoms with Gasteiger partial charge in [0.15, 0.2) is 0 Å². The van der Waals surface area contributed by atoms with Crippen LogP contribution < -0.4 is 4.74 Å². The normalized spacial score (nSPS) is 19.0. The molecule has 0 bridgehead atoms. The van der Waals surface area contributed by atoms with Crippen LogP contribution in [0, 0.1) is 17.8 Å². The lowest BCUT2D eigenvalue weighted by Crippen LogP contribution is -2.31. The van der Waals surface area contributed by atoms with E-state index >= 15 is 0 Å². The Kier molecular flexibility index (Phi) is 7.18. The highest BCUT2D eigenvalue weighted by Gasteiger charge is 2.19. The Labute approximate surface area is 163 Å². The van der Waals surface area contributed by atoms with E-state index in [1.165, 1.54) is 12.1 Å². The molecule has 1 aliphatic heterocycles. The molecular weight excluding hydrogens is 362 g/mol. The van der Waals surface area contributed by atoms with Crippen molar-refractivity contribution >= 4 is 0 Å². The molecule has 0 atom stereocenters. The van der Waals surface area contributed by atoms with E-state index in [2.05, 4.69) is 23.2 Å². The number of halogens is 2. The number of hydrogen-bond acceptors (Lipinski definition) is 3. The second-order valence-corrected chi connectivity index (χ2v) is 6.48. The molecule has 0 spiro atoms. The van der Waals surface area contributed by atoms with Gasteiger partial charge in [-0.15, -0.1) is 6.58 Å². The lowest BCUT2D eigenvalue weighted by atomic mass is 10.0. The van der Waals surface area contributed by atoms with E-state index in [1.807, 2.05) is 30.3 Å². The first kappa shape index (κ1) is 20.1. The van der Waals surface area contributed by atoms with E-state index in [4.69, 9.17) is 9.47 Å². The van der Waals surface area contributed by atoms with Crippen LogP contribution >= 0.6 is 0 Å². The second kappa shape index (κ2) is 10.0. The van der Waals surface area contributed by atoms with Gasteiger partial charge in [0.25, 0.3) is 0 Å². The smallest absolute Gasteiger partial charge is 0.387 e. The summed E-state index contributed by atoms with van der Waals surface area (Å²) in [6.07, 6.45) is 3.38. The fourth-order valence-corrected chi connectivity index (χ4v) is 2.86. The maximum Gasteiger partial charge on any atom is 0.387 e. The molecule has 0 aromatic heterocycles. The van der Waals surface area contributed by atoms with Crippen LogP contribution in [0.4, 0.5) is 8.78 Å². The van der Waals surface area contributed by atoms with Gasteiger partial charge in [0.2, 0.25) is 6.29 Å². The maximum absolute atomic E-state index is 12.2. The van der Waals surface area contributed by atoms with Crippen molar-refractivity contribution < 1.29 is 23.0 Å². The fraction of sp³-hybridized carbons (Fsp3) is 0.304. The summed E-state index contributed by atoms with van der Waals surface area (Å²) in [5, 5.41) is 0. The van der Waals surface area contributed by atoms with E-state index in [0.717, 1.165) is 29.5 Å². The monoisotopic (exact) mass is 384 g/mol. The molecule has 5 heteroatoms. The van der Waals surface area contributed by atoms with E-state index < -0.39 is 12.9 Å². The molecule has 0 radical (unpaired) electrons. The van der Waals surface area contributed by atoms with Gasteiger partial charge in [-0.3, -0.25) is 0 Å². The van der Waals surface area contributed by atoms with Gasteiger partial charge in [-0.05, 0) is 54.2 Å². The molecule has 146 valence electrons. The van der Waals surface area contributed by atoms with Crippen molar-refractivity contribution in [2.45, 2.75) is 25.7 Å². The molecule has 3 nitrogen and oxygen atoms in total. The molecular formula is C23H22F2O3. The molecule has 0 N–H and O–H groups in total. The number of rotatable bonds is 6. The number of alkyl halides is 2. The third-order valence-electron chi connectivity index (χ3n) is 4.38. The predicted octanol–water partition coefficient (Wildman–Crippen LogP) is 5.26. The van der Waals surface area contributed by atoms with E-state index in [0.29, 0.717) is 19.1 Å². The molecule has 3 rings (SSSR count). The van der Waals surface area contributed by atoms with Crippen molar-refractivity contribution in [2.75, 3.05) is 13.2 Å². The van der Waals surface area contributed by atoms with Gasteiger partial charge in [0, 0.05) is 11.5 Å². The molecule has 1 aliphatic rings. The van der Waals surface area contributed by atoms with Crippen molar-refractivity contribution in [2.24, 2.45) is 5.92 Å². The van der Waals surface area contributed by atoms with Crippen molar-refractivity contribution in [1.82, 2.24) is 0 Å². The summed E-state index contributed by atoms with van der Waals surface area (Å²) in [5.41, 5.74) is 2.72. The third-order valence-corrected chi connectivity index (χ3v) is 4.38. The van der Waals surface area contributed by atoms with Gasteiger partial charge >= 0.3 is 6.61 Å². The topological polar surface area (TPSA) is 27.7 Å². The summed E-state index contributed by atoms with van der Waals surface area (Å²) in [6, 6.07) is 14.2.